The van der Waals surface area contributed by atoms with Gasteiger partial charge in [-0.1, -0.05) is 0 Å². The van der Waals surface area contributed by atoms with E-state index in [0.717, 1.165) is 0 Å². The molecule has 2 atom stereocenters. The summed E-state index contributed by atoms with van der Waals surface area (Å²) in [5.41, 5.74) is 0. The average molecular weight is 367 g/mol. The molecule has 0 aromatic heterocycles. The normalized spacial score (nSPS) is 13.2. The second-order valence-corrected chi connectivity index (χ2v) is 5.30. The number of carbonyl (C=O) groups is 2. The number of hydrogen-bond acceptors (Lipinski definition) is 6. The summed E-state index contributed by atoms with van der Waals surface area (Å²) in [4.78, 5) is 30.3. The van der Waals surface area contributed by atoms with Gasteiger partial charge in [0.05, 0.1) is 0 Å². The summed E-state index contributed by atoms with van der Waals surface area (Å²) in [5, 5.41) is 18.0. The van der Waals surface area contributed by atoms with Crippen molar-refractivity contribution in [2.24, 2.45) is 0 Å². The van der Waals surface area contributed by atoms with Gasteiger partial charge in [-0.3, -0.25) is 9.68 Å². The van der Waals surface area contributed by atoms with Gasteiger partial charge in [0.1, 0.15) is 28.2 Å². The molecule has 0 fully saturated rings. The minimum atomic E-state index is -0.705. The fraction of sp³-hybridized carbons (Fsp3) is 0.833. The van der Waals surface area contributed by atoms with Crippen molar-refractivity contribution in [1.82, 2.24) is 0 Å². The molecule has 0 amide bonds. The Balaban J connectivity index is -0.000000135. The van der Waals surface area contributed by atoms with Gasteiger partial charge in [0.2, 0.25) is 12.5 Å². The largest absolute Gasteiger partial charge is 1.00 e. The Morgan fingerprint density at radius 3 is 1.00 bits per heavy atom. The van der Waals surface area contributed by atoms with Gasteiger partial charge in [-0.25, -0.2) is 9.59 Å². The number of quaternary nitrogens is 2. The van der Waals surface area contributed by atoms with Gasteiger partial charge >= 0.3 is 11.9 Å². The van der Waals surface area contributed by atoms with Crippen LogP contribution in [-0.4, -0.2) is 72.1 Å². The molecule has 0 saturated carbocycles. The van der Waals surface area contributed by atoms with Crippen molar-refractivity contribution in [2.45, 2.75) is 40.2 Å². The Kier molecular flexibility index (Phi) is 15.8. The smallest absolute Gasteiger partial charge is 0.363 e. The van der Waals surface area contributed by atoms with Crippen LogP contribution in [0.3, 0.4) is 0 Å². The van der Waals surface area contributed by atoms with Crippen LogP contribution < -0.4 is 24.8 Å². The number of hydrogen-bond donors (Lipinski definition) is 2. The van der Waals surface area contributed by atoms with Crippen LogP contribution in [0.2, 0.25) is 0 Å². The molecule has 0 aliphatic carbocycles. The first-order valence-electron chi connectivity index (χ1n) is 6.16. The van der Waals surface area contributed by atoms with E-state index in [1.165, 1.54) is 13.8 Å². The summed E-state index contributed by atoms with van der Waals surface area (Å²) >= 11 is 0. The molecule has 0 heterocycles. The van der Waals surface area contributed by atoms with Crippen molar-refractivity contribution in [1.29, 1.82) is 0 Å². The number of hydroxylamine groups is 6. The van der Waals surface area contributed by atoms with Crippen LogP contribution in [0.4, 0.5) is 0 Å². The van der Waals surface area contributed by atoms with Crippen LogP contribution in [0.15, 0.2) is 0 Å². The number of aliphatic hydroxyl groups is 2. The minimum absolute atomic E-state index is 0. The van der Waals surface area contributed by atoms with E-state index >= 15 is 0 Å². The van der Waals surface area contributed by atoms with Crippen molar-refractivity contribution >= 4 is 11.9 Å². The molecule has 22 heavy (non-hydrogen) atoms. The van der Waals surface area contributed by atoms with Crippen molar-refractivity contribution in [3.8, 4) is 0 Å². The molecule has 2 N–H and O–H groups in total. The Morgan fingerprint density at radius 2 is 0.955 bits per heavy atom. The van der Waals surface area contributed by atoms with E-state index in [9.17, 15) is 9.59 Å². The molecule has 0 rings (SSSR count). The van der Waals surface area contributed by atoms with E-state index in [4.69, 9.17) is 19.9 Å². The molecule has 0 bridgehead atoms. The topological polar surface area (TPSA) is 93.1 Å². The lowest BCUT2D eigenvalue weighted by molar-refractivity contribution is -1.09. The molecule has 0 aliphatic heterocycles. The molecule has 136 valence electrons. The summed E-state index contributed by atoms with van der Waals surface area (Å²) in [6.45, 7) is 5.73. The lowest BCUT2D eigenvalue weighted by Crippen LogP contribution is -3.00. The third-order valence-electron chi connectivity index (χ3n) is 2.53. The van der Waals surface area contributed by atoms with Crippen LogP contribution in [0.1, 0.15) is 27.7 Å². The highest BCUT2D eigenvalue weighted by atomic mass is 35.5. The monoisotopic (exact) mass is 366 g/mol. The fourth-order valence-electron chi connectivity index (χ4n) is 0.815. The maximum Gasteiger partial charge on any atom is 0.363 e. The maximum absolute atomic E-state index is 10.4. The Labute approximate surface area is 144 Å². The highest BCUT2D eigenvalue weighted by Gasteiger charge is 2.26. The van der Waals surface area contributed by atoms with Gasteiger partial charge in [-0.15, -0.1) is 9.29 Å². The SMILES string of the molecule is CC(=O)O[N+](C)(C)C(C)O.CC(=O)O[N+](C)(C)C(C)O.[Cl-].[Cl-]. The summed E-state index contributed by atoms with van der Waals surface area (Å²) in [6.07, 6.45) is -1.41. The molecule has 10 heteroatoms. The van der Waals surface area contributed by atoms with Gasteiger partial charge in [0, 0.05) is 27.7 Å². The minimum Gasteiger partial charge on any atom is -1.00 e. The first-order chi connectivity index (χ1) is 8.72. The average Bonchev–Trinajstić information content (AvgIpc) is 2.13. The Hall–Kier alpha value is -0.640. The first-order valence-corrected chi connectivity index (χ1v) is 6.16. The summed E-state index contributed by atoms with van der Waals surface area (Å²) in [6, 6.07) is 0. The van der Waals surface area contributed by atoms with Gasteiger partial charge in [-0.2, -0.15) is 0 Å². The van der Waals surface area contributed by atoms with E-state index in [1.807, 2.05) is 0 Å². The molecule has 0 spiro atoms. The predicted octanol–water partition coefficient (Wildman–Crippen LogP) is -6.23. The molecule has 0 radical (unpaired) electrons. The molecule has 0 aromatic rings. The van der Waals surface area contributed by atoms with E-state index in [-0.39, 0.29) is 34.1 Å². The molecular formula is C12H28Cl2N2O6. The summed E-state index contributed by atoms with van der Waals surface area (Å²) < 4.78 is -0.315. The van der Waals surface area contributed by atoms with Gasteiger partial charge in [0.15, 0.2) is 0 Å². The zero-order valence-corrected chi connectivity index (χ0v) is 15.8. The second-order valence-electron chi connectivity index (χ2n) is 5.30. The van der Waals surface area contributed by atoms with Crippen molar-refractivity contribution in [2.75, 3.05) is 28.2 Å². The number of carbonyl (C=O) groups excluding carboxylic acids is 2. The standard InChI is InChI=1S/2C6H14NO3.2ClH/c2*1-5(8)7(3,4)10-6(2)9;;/h2*5,8H,1-4H3;2*1H/q2*+1;;/p-2. The zero-order chi connectivity index (χ0) is 16.7. The zero-order valence-electron chi connectivity index (χ0n) is 14.3. The summed E-state index contributed by atoms with van der Waals surface area (Å²) in [7, 11) is 6.41. The highest BCUT2D eigenvalue weighted by molar-refractivity contribution is 5.65. The Bertz CT molecular complexity index is 304. The van der Waals surface area contributed by atoms with Gasteiger partial charge in [-0.05, 0) is 0 Å². The van der Waals surface area contributed by atoms with Gasteiger partial charge < -0.3 is 35.0 Å². The van der Waals surface area contributed by atoms with Crippen LogP contribution in [0.25, 0.3) is 0 Å². The van der Waals surface area contributed by atoms with Crippen LogP contribution in [0.5, 0.6) is 0 Å². The molecule has 8 nitrogen and oxygen atoms in total. The van der Waals surface area contributed by atoms with Crippen molar-refractivity contribution < 1.29 is 63.6 Å². The number of aliphatic hydroxyl groups excluding tert-OH is 2. The molecule has 0 aromatic carbocycles. The first kappa shape index (κ1) is 29.4. The second kappa shape index (κ2) is 11.9. The lowest BCUT2D eigenvalue weighted by Gasteiger charge is -2.27. The number of nitrogens with zero attached hydrogens (tertiary/aromatic N) is 2. The summed E-state index contributed by atoms with van der Waals surface area (Å²) in [5.74, 6) is -0.795. The van der Waals surface area contributed by atoms with Crippen molar-refractivity contribution in [3.05, 3.63) is 0 Å². The van der Waals surface area contributed by atoms with Crippen LogP contribution in [0, 0.1) is 0 Å². The Morgan fingerprint density at radius 1 is 0.773 bits per heavy atom. The maximum atomic E-state index is 10.4. The number of halogens is 2. The quantitative estimate of drug-likeness (QED) is 0.292. The third kappa shape index (κ3) is 14.3. The predicted molar refractivity (Wildman–Crippen MR) is 71.1 cm³/mol. The van der Waals surface area contributed by atoms with E-state index in [1.54, 1.807) is 42.0 Å². The molecular weight excluding hydrogens is 339 g/mol. The van der Waals surface area contributed by atoms with Gasteiger partial charge in [0.25, 0.3) is 0 Å². The van der Waals surface area contributed by atoms with Crippen molar-refractivity contribution in [3.63, 3.8) is 0 Å². The fourth-order valence-corrected chi connectivity index (χ4v) is 0.815. The molecule has 2 unspecified atom stereocenters. The molecule has 0 saturated heterocycles. The third-order valence-corrected chi connectivity index (χ3v) is 2.53. The number of rotatable bonds is 4. The van der Waals surface area contributed by atoms with E-state index in [0.29, 0.717) is 0 Å². The van der Waals surface area contributed by atoms with Crippen LogP contribution in [-0.2, 0) is 19.3 Å². The highest BCUT2D eigenvalue weighted by Crippen LogP contribution is 2.04. The van der Waals surface area contributed by atoms with E-state index in [2.05, 4.69) is 0 Å². The van der Waals surface area contributed by atoms with Crippen LogP contribution >= 0.6 is 0 Å². The molecule has 0 aliphatic rings. The van der Waals surface area contributed by atoms with E-state index < -0.39 is 24.4 Å². The lowest BCUT2D eigenvalue weighted by atomic mass is 10.6.